The molecule has 1 aliphatic rings. The van der Waals surface area contributed by atoms with E-state index in [-0.39, 0.29) is 17.0 Å². The van der Waals surface area contributed by atoms with E-state index in [1.54, 1.807) is 36.5 Å². The summed E-state index contributed by atoms with van der Waals surface area (Å²) in [6.45, 7) is 0. The fourth-order valence-electron chi connectivity index (χ4n) is 2.35. The fourth-order valence-corrected chi connectivity index (χ4v) is 3.83. The van der Waals surface area contributed by atoms with Gasteiger partial charge in [-0.25, -0.2) is 13.1 Å². The van der Waals surface area contributed by atoms with E-state index in [9.17, 15) is 8.42 Å². The van der Waals surface area contributed by atoms with Crippen molar-refractivity contribution in [2.45, 2.75) is 29.8 Å². The largest absolute Gasteiger partial charge is 0.328 e. The van der Waals surface area contributed by atoms with Crippen LogP contribution in [0.25, 0.3) is 10.9 Å². The summed E-state index contributed by atoms with van der Waals surface area (Å²) in [6.07, 6.45) is 3.04. The van der Waals surface area contributed by atoms with Crippen LogP contribution in [0.15, 0.2) is 41.4 Å². The average molecular weight is 277 g/mol. The number of aromatic nitrogens is 1. The molecule has 5 nitrogen and oxygen atoms in total. The van der Waals surface area contributed by atoms with Gasteiger partial charge < -0.3 is 5.73 Å². The number of benzene rings is 1. The van der Waals surface area contributed by atoms with Gasteiger partial charge in [0.1, 0.15) is 0 Å². The molecule has 1 aromatic carbocycles. The maximum Gasteiger partial charge on any atom is 0.241 e. The van der Waals surface area contributed by atoms with Crippen LogP contribution < -0.4 is 10.5 Å². The van der Waals surface area contributed by atoms with Gasteiger partial charge in [-0.3, -0.25) is 4.98 Å². The predicted octanol–water partition coefficient (Wildman–Crippen LogP) is 1.00. The normalized spacial score (nSPS) is 23.2. The van der Waals surface area contributed by atoms with Crippen LogP contribution in [0.1, 0.15) is 12.8 Å². The van der Waals surface area contributed by atoms with E-state index in [4.69, 9.17) is 5.73 Å². The molecule has 1 fully saturated rings. The van der Waals surface area contributed by atoms with Crippen molar-refractivity contribution >= 4 is 20.9 Å². The molecule has 100 valence electrons. The van der Waals surface area contributed by atoms with Crippen LogP contribution in [0.3, 0.4) is 0 Å². The molecule has 3 N–H and O–H groups in total. The summed E-state index contributed by atoms with van der Waals surface area (Å²) in [6, 6.07) is 8.67. The topological polar surface area (TPSA) is 85.1 Å². The molecule has 0 atom stereocenters. The van der Waals surface area contributed by atoms with E-state index in [1.165, 1.54) is 0 Å². The number of nitrogens with one attached hydrogen (secondary N) is 1. The molecular formula is C13H15N3O2S. The highest BCUT2D eigenvalue weighted by molar-refractivity contribution is 7.89. The molecule has 6 heteroatoms. The summed E-state index contributed by atoms with van der Waals surface area (Å²) < 4.78 is 27.4. The highest BCUT2D eigenvalue weighted by Crippen LogP contribution is 2.24. The summed E-state index contributed by atoms with van der Waals surface area (Å²) in [5.41, 5.74) is 6.35. The van der Waals surface area contributed by atoms with E-state index in [0.29, 0.717) is 23.7 Å². The van der Waals surface area contributed by atoms with Gasteiger partial charge in [-0.15, -0.1) is 0 Å². The molecular weight excluding hydrogens is 262 g/mol. The first kappa shape index (κ1) is 12.5. The standard InChI is InChI=1S/C13H15N3O2S/c14-9-7-10(8-9)16-19(17,18)13-5-1-4-12-11(13)3-2-6-15-12/h1-6,9-10,16H,7-8,14H2. The van der Waals surface area contributed by atoms with Gasteiger partial charge in [0.15, 0.2) is 0 Å². The average Bonchev–Trinajstić information content (AvgIpc) is 2.36. The molecule has 0 amide bonds. The van der Waals surface area contributed by atoms with E-state index in [1.807, 2.05) is 0 Å². The Balaban J connectivity index is 1.99. The monoisotopic (exact) mass is 277 g/mol. The van der Waals surface area contributed by atoms with Crippen molar-refractivity contribution < 1.29 is 8.42 Å². The van der Waals surface area contributed by atoms with Gasteiger partial charge in [0.2, 0.25) is 10.0 Å². The summed E-state index contributed by atoms with van der Waals surface area (Å²) in [4.78, 5) is 4.44. The number of hydrogen-bond donors (Lipinski definition) is 2. The van der Waals surface area contributed by atoms with Gasteiger partial charge in [0, 0.05) is 23.7 Å². The minimum Gasteiger partial charge on any atom is -0.328 e. The Hall–Kier alpha value is -1.50. The van der Waals surface area contributed by atoms with Crippen LogP contribution >= 0.6 is 0 Å². The smallest absolute Gasteiger partial charge is 0.241 e. The molecule has 0 saturated heterocycles. The van der Waals surface area contributed by atoms with E-state index in [2.05, 4.69) is 9.71 Å². The lowest BCUT2D eigenvalue weighted by Crippen LogP contribution is -2.50. The van der Waals surface area contributed by atoms with Crippen molar-refractivity contribution in [3.8, 4) is 0 Å². The van der Waals surface area contributed by atoms with Gasteiger partial charge in [0.25, 0.3) is 0 Å². The molecule has 0 radical (unpaired) electrons. The van der Waals surface area contributed by atoms with Gasteiger partial charge in [-0.1, -0.05) is 6.07 Å². The lowest BCUT2D eigenvalue weighted by Gasteiger charge is -2.32. The zero-order chi connectivity index (χ0) is 13.5. The zero-order valence-electron chi connectivity index (χ0n) is 10.3. The second-order valence-electron chi connectivity index (χ2n) is 4.88. The Labute approximate surface area is 111 Å². The minimum absolute atomic E-state index is 0.0491. The Morgan fingerprint density at radius 3 is 2.74 bits per heavy atom. The molecule has 1 aromatic heterocycles. The molecule has 0 bridgehead atoms. The minimum atomic E-state index is -3.52. The van der Waals surface area contributed by atoms with Crippen LogP contribution in [0, 0.1) is 0 Å². The zero-order valence-corrected chi connectivity index (χ0v) is 11.1. The second-order valence-corrected chi connectivity index (χ2v) is 6.56. The third kappa shape index (κ3) is 2.34. The molecule has 1 heterocycles. The quantitative estimate of drug-likeness (QED) is 0.876. The highest BCUT2D eigenvalue weighted by Gasteiger charge is 2.30. The van der Waals surface area contributed by atoms with Crippen molar-refractivity contribution in [1.82, 2.24) is 9.71 Å². The molecule has 19 heavy (non-hydrogen) atoms. The van der Waals surface area contributed by atoms with Gasteiger partial charge >= 0.3 is 0 Å². The van der Waals surface area contributed by atoms with Crippen LogP contribution in [0.4, 0.5) is 0 Å². The number of nitrogens with zero attached hydrogens (tertiary/aromatic N) is 1. The summed E-state index contributed by atoms with van der Waals surface area (Å²) in [5, 5.41) is 0.640. The molecule has 1 aliphatic carbocycles. The Morgan fingerprint density at radius 1 is 1.21 bits per heavy atom. The lowest BCUT2D eigenvalue weighted by molar-refractivity contribution is 0.327. The molecule has 0 unspecified atom stereocenters. The first-order valence-corrected chi connectivity index (χ1v) is 7.66. The molecule has 1 saturated carbocycles. The SMILES string of the molecule is NC1CC(NS(=O)(=O)c2cccc3ncccc23)C1. The van der Waals surface area contributed by atoms with Crippen molar-refractivity contribution in [3.05, 3.63) is 36.5 Å². The van der Waals surface area contributed by atoms with Crippen LogP contribution in [0.5, 0.6) is 0 Å². The Kier molecular flexibility index (Phi) is 3.00. The van der Waals surface area contributed by atoms with Crippen LogP contribution in [-0.4, -0.2) is 25.5 Å². The summed E-state index contributed by atoms with van der Waals surface area (Å²) in [7, 11) is -3.52. The van der Waals surface area contributed by atoms with E-state index in [0.717, 1.165) is 0 Å². The van der Waals surface area contributed by atoms with Crippen LogP contribution in [0.2, 0.25) is 0 Å². The van der Waals surface area contributed by atoms with Crippen molar-refractivity contribution in [2.24, 2.45) is 5.73 Å². The fraction of sp³-hybridized carbons (Fsp3) is 0.308. The summed E-state index contributed by atoms with van der Waals surface area (Å²) >= 11 is 0. The number of pyridine rings is 1. The third-order valence-corrected chi connectivity index (χ3v) is 4.97. The molecule has 0 spiro atoms. The number of fused-ring (bicyclic) bond motifs is 1. The van der Waals surface area contributed by atoms with Crippen molar-refractivity contribution in [3.63, 3.8) is 0 Å². The Morgan fingerprint density at radius 2 is 2.00 bits per heavy atom. The predicted molar refractivity (Wildman–Crippen MR) is 73.1 cm³/mol. The number of nitrogens with two attached hydrogens (primary N) is 1. The third-order valence-electron chi connectivity index (χ3n) is 3.39. The summed E-state index contributed by atoms with van der Waals surface area (Å²) in [5.74, 6) is 0. The number of rotatable bonds is 3. The molecule has 2 aromatic rings. The number of sulfonamides is 1. The van der Waals surface area contributed by atoms with E-state index >= 15 is 0 Å². The second kappa shape index (κ2) is 4.56. The molecule has 0 aliphatic heterocycles. The van der Waals surface area contributed by atoms with Gasteiger partial charge in [0.05, 0.1) is 10.4 Å². The molecule has 3 rings (SSSR count). The van der Waals surface area contributed by atoms with Gasteiger partial charge in [-0.2, -0.15) is 0 Å². The number of hydrogen-bond acceptors (Lipinski definition) is 4. The first-order chi connectivity index (χ1) is 9.06. The Bertz CT molecular complexity index is 703. The maximum atomic E-state index is 12.4. The first-order valence-electron chi connectivity index (χ1n) is 6.18. The lowest BCUT2D eigenvalue weighted by atomic mass is 9.89. The van der Waals surface area contributed by atoms with E-state index < -0.39 is 10.0 Å². The maximum absolute atomic E-state index is 12.4. The van der Waals surface area contributed by atoms with Crippen molar-refractivity contribution in [1.29, 1.82) is 0 Å². The highest BCUT2D eigenvalue weighted by atomic mass is 32.2. The van der Waals surface area contributed by atoms with Crippen molar-refractivity contribution in [2.75, 3.05) is 0 Å². The van der Waals surface area contributed by atoms with Gasteiger partial charge in [-0.05, 0) is 37.1 Å². The van der Waals surface area contributed by atoms with Crippen LogP contribution in [-0.2, 0) is 10.0 Å².